The summed E-state index contributed by atoms with van der Waals surface area (Å²) in [6.07, 6.45) is 4.88. The first-order valence-electron chi connectivity index (χ1n) is 2.50. The summed E-state index contributed by atoms with van der Waals surface area (Å²) < 4.78 is 9.58. The summed E-state index contributed by atoms with van der Waals surface area (Å²) in [5, 5.41) is 0. The van der Waals surface area contributed by atoms with Crippen LogP contribution in [0.15, 0.2) is 0 Å². The monoisotopic (exact) mass is 114 g/mol. The molecular weight excluding hydrogens is 104 g/mol. The fourth-order valence-electron chi connectivity index (χ4n) is 0.243. The van der Waals surface area contributed by atoms with Crippen LogP contribution < -0.4 is 0 Å². The SMILES string of the molecule is C#CCOCOCC. The molecule has 0 rings (SSSR count). The van der Waals surface area contributed by atoms with Crippen molar-refractivity contribution in [2.75, 3.05) is 20.0 Å². The summed E-state index contributed by atoms with van der Waals surface area (Å²) >= 11 is 0. The second-order valence-electron chi connectivity index (χ2n) is 1.16. The zero-order chi connectivity index (χ0) is 6.24. The van der Waals surface area contributed by atoms with Crippen LogP contribution >= 0.6 is 0 Å². The van der Waals surface area contributed by atoms with Gasteiger partial charge < -0.3 is 9.47 Å². The zero-order valence-electron chi connectivity index (χ0n) is 5.02. The molecule has 0 saturated heterocycles. The van der Waals surface area contributed by atoms with Crippen molar-refractivity contribution in [1.29, 1.82) is 0 Å². The number of hydrogen-bond donors (Lipinski definition) is 0. The lowest BCUT2D eigenvalue weighted by Crippen LogP contribution is -1.98. The van der Waals surface area contributed by atoms with Crippen LogP contribution in [0.4, 0.5) is 0 Å². The van der Waals surface area contributed by atoms with Crippen LogP contribution in [0.1, 0.15) is 6.92 Å². The van der Waals surface area contributed by atoms with E-state index >= 15 is 0 Å². The van der Waals surface area contributed by atoms with Gasteiger partial charge in [-0.1, -0.05) is 5.92 Å². The first-order chi connectivity index (χ1) is 3.91. The normalized spacial score (nSPS) is 8.50. The molecule has 2 heteroatoms. The lowest BCUT2D eigenvalue weighted by molar-refractivity contribution is -0.0371. The first kappa shape index (κ1) is 7.48. The maximum Gasteiger partial charge on any atom is 0.148 e. The fourth-order valence-corrected chi connectivity index (χ4v) is 0.243. The highest BCUT2D eigenvalue weighted by Crippen LogP contribution is 1.74. The average molecular weight is 114 g/mol. The standard InChI is InChI=1S/C6H10O2/c1-3-5-8-6-7-4-2/h1H,4-6H2,2H3. The minimum Gasteiger partial charge on any atom is -0.356 e. The first-order valence-corrected chi connectivity index (χ1v) is 2.50. The molecule has 0 aliphatic rings. The quantitative estimate of drug-likeness (QED) is 0.303. The van der Waals surface area contributed by atoms with Gasteiger partial charge in [0.2, 0.25) is 0 Å². The molecule has 0 aromatic heterocycles. The van der Waals surface area contributed by atoms with E-state index in [2.05, 4.69) is 5.92 Å². The Bertz CT molecular complexity index is 73.1. The van der Waals surface area contributed by atoms with E-state index in [-0.39, 0.29) is 0 Å². The molecule has 0 spiro atoms. The molecule has 0 saturated carbocycles. The van der Waals surface area contributed by atoms with Gasteiger partial charge in [0.15, 0.2) is 0 Å². The highest BCUT2D eigenvalue weighted by atomic mass is 16.7. The predicted molar refractivity (Wildman–Crippen MR) is 31.3 cm³/mol. The molecule has 2 nitrogen and oxygen atoms in total. The van der Waals surface area contributed by atoms with E-state index in [0.29, 0.717) is 20.0 Å². The molecule has 46 valence electrons. The van der Waals surface area contributed by atoms with Gasteiger partial charge >= 0.3 is 0 Å². The maximum atomic E-state index is 4.88. The Morgan fingerprint density at radius 2 is 2.25 bits per heavy atom. The van der Waals surface area contributed by atoms with Gasteiger partial charge in [-0.05, 0) is 6.92 Å². The average Bonchev–Trinajstić information content (AvgIpc) is 1.81. The number of terminal acetylenes is 1. The molecule has 0 bridgehead atoms. The van der Waals surface area contributed by atoms with E-state index in [1.807, 2.05) is 6.92 Å². The largest absolute Gasteiger partial charge is 0.356 e. The second-order valence-corrected chi connectivity index (χ2v) is 1.16. The Morgan fingerprint density at radius 3 is 2.75 bits per heavy atom. The van der Waals surface area contributed by atoms with Crippen molar-refractivity contribution < 1.29 is 9.47 Å². The van der Waals surface area contributed by atoms with E-state index in [9.17, 15) is 0 Å². The lowest BCUT2D eigenvalue weighted by atomic mass is 10.8. The van der Waals surface area contributed by atoms with Gasteiger partial charge in [0.1, 0.15) is 13.4 Å². The van der Waals surface area contributed by atoms with E-state index in [1.165, 1.54) is 0 Å². The second kappa shape index (κ2) is 6.48. The van der Waals surface area contributed by atoms with Crippen molar-refractivity contribution in [3.05, 3.63) is 0 Å². The van der Waals surface area contributed by atoms with Crippen molar-refractivity contribution >= 4 is 0 Å². The molecule has 0 radical (unpaired) electrons. The molecular formula is C6H10O2. The number of rotatable bonds is 4. The Morgan fingerprint density at radius 1 is 1.50 bits per heavy atom. The molecule has 0 N–H and O–H groups in total. The van der Waals surface area contributed by atoms with Gasteiger partial charge in [-0.25, -0.2) is 0 Å². The van der Waals surface area contributed by atoms with E-state index in [1.54, 1.807) is 0 Å². The van der Waals surface area contributed by atoms with Crippen molar-refractivity contribution in [2.45, 2.75) is 6.92 Å². The molecule has 0 aromatic carbocycles. The highest BCUT2D eigenvalue weighted by Gasteiger charge is 1.78. The number of ether oxygens (including phenoxy) is 2. The van der Waals surface area contributed by atoms with Crippen molar-refractivity contribution in [1.82, 2.24) is 0 Å². The van der Waals surface area contributed by atoms with Gasteiger partial charge in [0.05, 0.1) is 0 Å². The summed E-state index contributed by atoms with van der Waals surface area (Å²) in [6.45, 7) is 3.21. The summed E-state index contributed by atoms with van der Waals surface area (Å²) in [5.74, 6) is 2.32. The molecule has 0 amide bonds. The molecule has 0 aromatic rings. The van der Waals surface area contributed by atoms with Crippen molar-refractivity contribution in [2.24, 2.45) is 0 Å². The van der Waals surface area contributed by atoms with Gasteiger partial charge in [0, 0.05) is 6.61 Å². The van der Waals surface area contributed by atoms with Crippen molar-refractivity contribution in [3.63, 3.8) is 0 Å². The van der Waals surface area contributed by atoms with Crippen LogP contribution in [0.3, 0.4) is 0 Å². The maximum absolute atomic E-state index is 4.88. The molecule has 0 heterocycles. The summed E-state index contributed by atoms with van der Waals surface area (Å²) in [5.41, 5.74) is 0. The minimum atomic E-state index is 0.306. The highest BCUT2D eigenvalue weighted by molar-refractivity contribution is 4.82. The lowest BCUT2D eigenvalue weighted by Gasteiger charge is -1.97. The number of hydrogen-bond acceptors (Lipinski definition) is 2. The van der Waals surface area contributed by atoms with Gasteiger partial charge in [-0.2, -0.15) is 0 Å². The molecule has 0 aliphatic carbocycles. The molecule has 0 atom stereocenters. The van der Waals surface area contributed by atoms with Crippen LogP contribution in [-0.2, 0) is 9.47 Å². The van der Waals surface area contributed by atoms with Gasteiger partial charge in [0.25, 0.3) is 0 Å². The Hall–Kier alpha value is -0.520. The smallest absolute Gasteiger partial charge is 0.148 e. The molecule has 0 aliphatic heterocycles. The molecule has 0 fully saturated rings. The topological polar surface area (TPSA) is 18.5 Å². The van der Waals surface area contributed by atoms with Crippen molar-refractivity contribution in [3.8, 4) is 12.3 Å². The Balaban J connectivity index is 2.65. The van der Waals surface area contributed by atoms with Gasteiger partial charge in [-0.3, -0.25) is 0 Å². The van der Waals surface area contributed by atoms with Gasteiger partial charge in [-0.15, -0.1) is 6.42 Å². The Kier molecular flexibility index (Phi) is 6.06. The van der Waals surface area contributed by atoms with Crippen LogP contribution in [0.5, 0.6) is 0 Å². The van der Waals surface area contributed by atoms with E-state index < -0.39 is 0 Å². The third kappa shape index (κ3) is 5.48. The molecule has 8 heavy (non-hydrogen) atoms. The third-order valence-electron chi connectivity index (χ3n) is 0.556. The zero-order valence-corrected chi connectivity index (χ0v) is 5.02. The molecule has 0 unspecified atom stereocenters. The minimum absolute atomic E-state index is 0.306. The Labute approximate surface area is 49.8 Å². The summed E-state index contributed by atoms with van der Waals surface area (Å²) in [6, 6.07) is 0. The summed E-state index contributed by atoms with van der Waals surface area (Å²) in [7, 11) is 0. The third-order valence-corrected chi connectivity index (χ3v) is 0.556. The fraction of sp³-hybridized carbons (Fsp3) is 0.667. The predicted octanol–water partition coefficient (Wildman–Crippen LogP) is 0.630. The van der Waals surface area contributed by atoms with Crippen LogP contribution in [0.2, 0.25) is 0 Å². The van der Waals surface area contributed by atoms with E-state index in [4.69, 9.17) is 15.9 Å². The van der Waals surface area contributed by atoms with Crippen LogP contribution in [0, 0.1) is 12.3 Å². The van der Waals surface area contributed by atoms with Crippen LogP contribution in [-0.4, -0.2) is 20.0 Å². The van der Waals surface area contributed by atoms with Crippen LogP contribution in [0.25, 0.3) is 0 Å². The van der Waals surface area contributed by atoms with E-state index in [0.717, 1.165) is 0 Å². The summed E-state index contributed by atoms with van der Waals surface area (Å²) in [4.78, 5) is 0.